The second-order valence-electron chi connectivity index (χ2n) is 6.87. The topological polar surface area (TPSA) is 82.8 Å². The predicted octanol–water partition coefficient (Wildman–Crippen LogP) is 2.09. The van der Waals surface area contributed by atoms with E-state index in [2.05, 4.69) is 45.8 Å². The number of primary amides is 1. The molecule has 7 heteroatoms. The summed E-state index contributed by atoms with van der Waals surface area (Å²) in [7, 11) is 0. The van der Waals surface area contributed by atoms with E-state index in [0.29, 0.717) is 0 Å². The number of nitrogens with two attached hydrogens (primary N) is 1. The smallest absolute Gasteiger partial charge is 0.220 e. The second-order valence-corrected chi connectivity index (χ2v) is 7.87. The molecule has 2 rings (SSSR count). The van der Waals surface area contributed by atoms with E-state index in [0.717, 1.165) is 70.9 Å². The molecular weight excluding hydrogens is 346 g/mol. The summed E-state index contributed by atoms with van der Waals surface area (Å²) in [6.07, 6.45) is 4.08. The molecule has 1 aliphatic rings. The molecule has 146 valence electrons. The van der Waals surface area contributed by atoms with E-state index in [4.69, 9.17) is 5.73 Å². The first-order chi connectivity index (χ1) is 12.6. The van der Waals surface area contributed by atoms with Crippen molar-refractivity contribution in [3.8, 4) is 0 Å². The van der Waals surface area contributed by atoms with Crippen molar-refractivity contribution in [2.45, 2.75) is 46.1 Å². The van der Waals surface area contributed by atoms with Gasteiger partial charge in [-0.2, -0.15) is 0 Å². The number of aliphatic imine (C=N–C) groups is 1. The van der Waals surface area contributed by atoms with Crippen LogP contribution in [0.5, 0.6) is 0 Å². The summed E-state index contributed by atoms with van der Waals surface area (Å²) in [4.78, 5) is 19.6. The second kappa shape index (κ2) is 11.2. The van der Waals surface area contributed by atoms with Crippen LogP contribution in [0, 0.1) is 12.8 Å². The Bertz CT molecular complexity index is 578. The van der Waals surface area contributed by atoms with Gasteiger partial charge in [-0.05, 0) is 76.2 Å². The zero-order valence-corrected chi connectivity index (χ0v) is 16.9. The number of piperidine rings is 1. The Morgan fingerprint density at radius 2 is 2.12 bits per heavy atom. The van der Waals surface area contributed by atoms with Gasteiger partial charge in [0.15, 0.2) is 5.96 Å². The number of likely N-dealkylation sites (tertiary alicyclic amines) is 1. The molecule has 26 heavy (non-hydrogen) atoms. The molecule has 4 N–H and O–H groups in total. The molecule has 0 bridgehead atoms. The van der Waals surface area contributed by atoms with Gasteiger partial charge in [-0.1, -0.05) is 0 Å². The molecule has 0 aromatic carbocycles. The highest BCUT2D eigenvalue weighted by Gasteiger charge is 2.22. The fourth-order valence-corrected chi connectivity index (χ4v) is 4.00. The largest absolute Gasteiger partial charge is 0.369 e. The molecule has 1 amide bonds. The van der Waals surface area contributed by atoms with Crippen molar-refractivity contribution in [2.24, 2.45) is 16.6 Å². The molecule has 6 nitrogen and oxygen atoms in total. The number of amides is 1. The van der Waals surface area contributed by atoms with E-state index in [1.165, 1.54) is 10.4 Å². The monoisotopic (exact) mass is 379 g/mol. The highest BCUT2D eigenvalue weighted by Crippen LogP contribution is 2.17. The summed E-state index contributed by atoms with van der Waals surface area (Å²) in [5.74, 6) is 0.836. The molecule has 0 saturated carbocycles. The summed E-state index contributed by atoms with van der Waals surface area (Å²) >= 11 is 1.76. The van der Waals surface area contributed by atoms with E-state index in [9.17, 15) is 4.79 Å². The molecule has 1 aromatic heterocycles. The summed E-state index contributed by atoms with van der Waals surface area (Å²) in [5.41, 5.74) is 6.70. The van der Waals surface area contributed by atoms with E-state index in [-0.39, 0.29) is 11.8 Å². The van der Waals surface area contributed by atoms with Gasteiger partial charge in [0.2, 0.25) is 5.91 Å². The maximum atomic E-state index is 11.2. The summed E-state index contributed by atoms with van der Waals surface area (Å²) in [5, 5.41) is 8.85. The van der Waals surface area contributed by atoms with E-state index in [1.54, 1.807) is 11.3 Å². The number of hydrogen-bond acceptors (Lipinski definition) is 4. The number of carbonyl (C=O) groups excluding carboxylic acids is 1. The van der Waals surface area contributed by atoms with Crippen molar-refractivity contribution in [1.82, 2.24) is 15.5 Å². The zero-order valence-electron chi connectivity index (χ0n) is 16.1. The van der Waals surface area contributed by atoms with Crippen molar-refractivity contribution in [1.29, 1.82) is 0 Å². The molecule has 0 spiro atoms. The maximum Gasteiger partial charge on any atom is 0.220 e. The van der Waals surface area contributed by atoms with Gasteiger partial charge < -0.3 is 21.3 Å². The van der Waals surface area contributed by atoms with Crippen LogP contribution in [-0.2, 0) is 11.3 Å². The normalized spacial score (nSPS) is 16.6. The Morgan fingerprint density at radius 1 is 1.35 bits per heavy atom. The van der Waals surface area contributed by atoms with Crippen molar-refractivity contribution < 1.29 is 4.79 Å². The standard InChI is InChI=1S/C19H33N5OS/c1-3-21-19(23-14-17-15(2)8-13-26-17)22-9-4-5-10-24-11-6-16(7-12-24)18(20)25/h8,13,16H,3-7,9-12,14H2,1-2H3,(H2,20,25)(H2,21,22,23). The van der Waals surface area contributed by atoms with Crippen molar-refractivity contribution in [3.63, 3.8) is 0 Å². The third-order valence-electron chi connectivity index (χ3n) is 4.88. The van der Waals surface area contributed by atoms with Crippen molar-refractivity contribution in [2.75, 3.05) is 32.7 Å². The van der Waals surface area contributed by atoms with E-state index >= 15 is 0 Å². The Balaban J connectivity index is 1.62. The zero-order chi connectivity index (χ0) is 18.8. The Kier molecular flexibility index (Phi) is 8.91. The van der Waals surface area contributed by atoms with Crippen LogP contribution in [0.4, 0.5) is 0 Å². The van der Waals surface area contributed by atoms with Crippen LogP contribution in [0.15, 0.2) is 16.4 Å². The molecule has 1 fully saturated rings. The molecule has 0 radical (unpaired) electrons. The summed E-state index contributed by atoms with van der Waals surface area (Å²) < 4.78 is 0. The lowest BCUT2D eigenvalue weighted by molar-refractivity contribution is -0.123. The Hall–Kier alpha value is -1.60. The van der Waals surface area contributed by atoms with E-state index in [1.807, 2.05) is 0 Å². The summed E-state index contributed by atoms with van der Waals surface area (Å²) in [6, 6.07) is 2.14. The molecular formula is C19H33N5OS. The fourth-order valence-electron chi connectivity index (χ4n) is 3.17. The first kappa shape index (κ1) is 20.7. The quantitative estimate of drug-likeness (QED) is 0.349. The van der Waals surface area contributed by atoms with Gasteiger partial charge in [0.05, 0.1) is 6.54 Å². The van der Waals surface area contributed by atoms with Crippen LogP contribution >= 0.6 is 11.3 Å². The highest BCUT2D eigenvalue weighted by molar-refractivity contribution is 7.10. The van der Waals surface area contributed by atoms with Crippen LogP contribution < -0.4 is 16.4 Å². The minimum atomic E-state index is -0.137. The van der Waals surface area contributed by atoms with Gasteiger partial charge >= 0.3 is 0 Å². The lowest BCUT2D eigenvalue weighted by atomic mass is 9.96. The minimum absolute atomic E-state index is 0.0822. The minimum Gasteiger partial charge on any atom is -0.369 e. The van der Waals surface area contributed by atoms with Gasteiger partial charge in [0, 0.05) is 23.9 Å². The number of hydrogen-bond donors (Lipinski definition) is 3. The number of unbranched alkanes of at least 4 members (excludes halogenated alkanes) is 1. The van der Waals surface area contributed by atoms with Crippen molar-refractivity contribution in [3.05, 3.63) is 21.9 Å². The average molecular weight is 380 g/mol. The van der Waals surface area contributed by atoms with Crippen LogP contribution in [0.3, 0.4) is 0 Å². The Labute approximate surface area is 161 Å². The molecule has 0 aliphatic carbocycles. The Morgan fingerprint density at radius 3 is 2.73 bits per heavy atom. The van der Waals surface area contributed by atoms with Gasteiger partial charge in [0.25, 0.3) is 0 Å². The fraction of sp³-hybridized carbons (Fsp3) is 0.684. The molecule has 1 aromatic rings. The van der Waals surface area contributed by atoms with Gasteiger partial charge in [-0.25, -0.2) is 4.99 Å². The molecule has 0 atom stereocenters. The molecule has 0 unspecified atom stereocenters. The first-order valence-electron chi connectivity index (χ1n) is 9.67. The number of thiophene rings is 1. The third-order valence-corrected chi connectivity index (χ3v) is 5.88. The predicted molar refractivity (Wildman–Crippen MR) is 109 cm³/mol. The number of nitrogens with one attached hydrogen (secondary N) is 2. The molecule has 2 heterocycles. The molecule has 1 saturated heterocycles. The van der Waals surface area contributed by atoms with Crippen LogP contribution in [0.25, 0.3) is 0 Å². The van der Waals surface area contributed by atoms with Crippen LogP contribution in [0.1, 0.15) is 43.0 Å². The number of carbonyl (C=O) groups is 1. The van der Waals surface area contributed by atoms with Crippen LogP contribution in [0.2, 0.25) is 0 Å². The van der Waals surface area contributed by atoms with Gasteiger partial charge in [-0.15, -0.1) is 11.3 Å². The highest BCUT2D eigenvalue weighted by atomic mass is 32.1. The summed E-state index contributed by atoms with van der Waals surface area (Å²) in [6.45, 7) is 9.81. The van der Waals surface area contributed by atoms with Gasteiger partial charge in [0.1, 0.15) is 0 Å². The number of guanidine groups is 1. The average Bonchev–Trinajstić information content (AvgIpc) is 3.04. The van der Waals surface area contributed by atoms with Gasteiger partial charge in [-0.3, -0.25) is 4.79 Å². The number of nitrogens with zero attached hydrogens (tertiary/aromatic N) is 2. The lowest BCUT2D eigenvalue weighted by Gasteiger charge is -2.30. The molecule has 1 aliphatic heterocycles. The maximum absolute atomic E-state index is 11.2. The van der Waals surface area contributed by atoms with E-state index < -0.39 is 0 Å². The van der Waals surface area contributed by atoms with Crippen molar-refractivity contribution >= 4 is 23.2 Å². The van der Waals surface area contributed by atoms with Crippen LogP contribution in [-0.4, -0.2) is 49.5 Å². The number of aryl methyl sites for hydroxylation is 1. The lowest BCUT2D eigenvalue weighted by Crippen LogP contribution is -2.39. The number of rotatable bonds is 9. The first-order valence-corrected chi connectivity index (χ1v) is 10.5. The third kappa shape index (κ3) is 6.96. The SMILES string of the molecule is CCNC(=NCc1sccc1C)NCCCCN1CCC(C(N)=O)CC1.